The summed E-state index contributed by atoms with van der Waals surface area (Å²) < 4.78 is 39.0. The number of benzene rings is 1. The van der Waals surface area contributed by atoms with E-state index in [1.807, 2.05) is 0 Å². The predicted octanol–water partition coefficient (Wildman–Crippen LogP) is 4.01. The molecule has 0 aliphatic heterocycles. The summed E-state index contributed by atoms with van der Waals surface area (Å²) in [5.74, 6) is -0.0152. The van der Waals surface area contributed by atoms with Gasteiger partial charge in [0.2, 0.25) is 0 Å². The van der Waals surface area contributed by atoms with Crippen molar-refractivity contribution in [3.8, 4) is 0 Å². The average Bonchev–Trinajstić information content (AvgIpc) is 2.46. The highest BCUT2D eigenvalue weighted by molar-refractivity contribution is 5.35. The first-order valence-corrected chi connectivity index (χ1v) is 8.46. The lowest BCUT2D eigenvalue weighted by molar-refractivity contribution is -0.137. The van der Waals surface area contributed by atoms with Crippen molar-refractivity contribution in [3.05, 3.63) is 35.4 Å². The zero-order chi connectivity index (χ0) is 16.7. The number of aliphatic hydroxyl groups is 1. The zero-order valence-corrected chi connectivity index (χ0v) is 13.1. The van der Waals surface area contributed by atoms with E-state index in [4.69, 9.17) is 5.73 Å². The van der Waals surface area contributed by atoms with Gasteiger partial charge in [0.25, 0.3) is 0 Å². The van der Waals surface area contributed by atoms with Crippen molar-refractivity contribution < 1.29 is 18.3 Å². The third-order valence-electron chi connectivity index (χ3n) is 5.86. The summed E-state index contributed by atoms with van der Waals surface area (Å²) in [5, 5.41) is 11.0. The van der Waals surface area contributed by atoms with E-state index in [1.165, 1.54) is 12.1 Å². The van der Waals surface area contributed by atoms with Crippen molar-refractivity contribution in [2.75, 3.05) is 0 Å². The molecule has 0 bridgehead atoms. The Kier molecular flexibility index (Phi) is 4.45. The molecule has 2 aliphatic carbocycles. The molecular formula is C18H24F3NO. The fourth-order valence-electron chi connectivity index (χ4n) is 4.31. The molecule has 2 aliphatic rings. The quantitative estimate of drug-likeness (QED) is 0.881. The normalized spacial score (nSPS) is 28.9. The molecule has 1 aromatic carbocycles. The second kappa shape index (κ2) is 6.10. The minimum absolute atomic E-state index is 0.0152. The van der Waals surface area contributed by atoms with Crippen LogP contribution in [0.2, 0.25) is 0 Å². The Bertz CT molecular complexity index is 553. The van der Waals surface area contributed by atoms with Crippen LogP contribution in [0.5, 0.6) is 0 Å². The van der Waals surface area contributed by atoms with Gasteiger partial charge in [0, 0.05) is 17.4 Å². The molecule has 3 atom stereocenters. The Labute approximate surface area is 134 Å². The first kappa shape index (κ1) is 16.8. The summed E-state index contributed by atoms with van der Waals surface area (Å²) in [5.41, 5.74) is 5.62. The SMILES string of the molecule is NC1CCCCC1C(O)C1(c2cccc(C(F)(F)F)c2)CCC1. The zero-order valence-electron chi connectivity index (χ0n) is 13.1. The van der Waals surface area contributed by atoms with E-state index >= 15 is 0 Å². The third-order valence-corrected chi connectivity index (χ3v) is 5.86. The van der Waals surface area contributed by atoms with E-state index in [0.29, 0.717) is 5.56 Å². The van der Waals surface area contributed by atoms with Crippen LogP contribution in [-0.2, 0) is 11.6 Å². The Morgan fingerprint density at radius 3 is 2.39 bits per heavy atom. The molecule has 0 heterocycles. The van der Waals surface area contributed by atoms with Gasteiger partial charge in [0.05, 0.1) is 11.7 Å². The molecule has 0 radical (unpaired) electrons. The second-order valence-corrected chi connectivity index (χ2v) is 7.15. The molecule has 2 nitrogen and oxygen atoms in total. The van der Waals surface area contributed by atoms with Crippen molar-refractivity contribution in [1.82, 2.24) is 0 Å². The first-order chi connectivity index (χ1) is 10.8. The lowest BCUT2D eigenvalue weighted by Crippen LogP contribution is -2.54. The van der Waals surface area contributed by atoms with Crippen LogP contribution in [0.15, 0.2) is 24.3 Å². The summed E-state index contributed by atoms with van der Waals surface area (Å²) in [6.45, 7) is 0. The van der Waals surface area contributed by atoms with Crippen molar-refractivity contribution in [3.63, 3.8) is 0 Å². The number of hydrogen-bond acceptors (Lipinski definition) is 2. The molecule has 3 N–H and O–H groups in total. The molecular weight excluding hydrogens is 303 g/mol. The van der Waals surface area contributed by atoms with Crippen molar-refractivity contribution in [2.45, 2.75) is 68.7 Å². The Morgan fingerprint density at radius 1 is 1.13 bits per heavy atom. The van der Waals surface area contributed by atoms with Gasteiger partial charge in [-0.25, -0.2) is 0 Å². The van der Waals surface area contributed by atoms with Gasteiger partial charge in [-0.1, -0.05) is 37.5 Å². The van der Waals surface area contributed by atoms with E-state index in [1.54, 1.807) is 6.07 Å². The summed E-state index contributed by atoms with van der Waals surface area (Å²) in [4.78, 5) is 0. The van der Waals surface area contributed by atoms with Crippen LogP contribution in [0.4, 0.5) is 13.2 Å². The van der Waals surface area contributed by atoms with Gasteiger partial charge >= 0.3 is 6.18 Å². The van der Waals surface area contributed by atoms with Gasteiger partial charge in [-0.15, -0.1) is 0 Å². The van der Waals surface area contributed by atoms with Crippen molar-refractivity contribution in [2.24, 2.45) is 11.7 Å². The smallest absolute Gasteiger partial charge is 0.392 e. The number of nitrogens with two attached hydrogens (primary N) is 1. The van der Waals surface area contributed by atoms with E-state index in [0.717, 1.165) is 51.0 Å². The van der Waals surface area contributed by atoms with E-state index in [9.17, 15) is 18.3 Å². The van der Waals surface area contributed by atoms with Gasteiger partial charge in [-0.2, -0.15) is 13.2 Å². The average molecular weight is 327 g/mol. The van der Waals surface area contributed by atoms with E-state index in [2.05, 4.69) is 0 Å². The largest absolute Gasteiger partial charge is 0.416 e. The van der Waals surface area contributed by atoms with Crippen LogP contribution in [-0.4, -0.2) is 17.3 Å². The lowest BCUT2D eigenvalue weighted by Gasteiger charge is -2.50. The van der Waals surface area contributed by atoms with Crippen LogP contribution < -0.4 is 5.73 Å². The highest BCUT2D eigenvalue weighted by atomic mass is 19.4. The number of alkyl halides is 3. The monoisotopic (exact) mass is 327 g/mol. The fraction of sp³-hybridized carbons (Fsp3) is 0.667. The fourth-order valence-corrected chi connectivity index (χ4v) is 4.31. The summed E-state index contributed by atoms with van der Waals surface area (Å²) in [6.07, 6.45) is 1.26. The van der Waals surface area contributed by atoms with E-state index in [-0.39, 0.29) is 12.0 Å². The van der Waals surface area contributed by atoms with Gasteiger partial charge in [0.1, 0.15) is 0 Å². The molecule has 2 saturated carbocycles. The number of aliphatic hydroxyl groups excluding tert-OH is 1. The molecule has 2 fully saturated rings. The van der Waals surface area contributed by atoms with Crippen LogP contribution in [0.25, 0.3) is 0 Å². The maximum absolute atomic E-state index is 13.0. The predicted molar refractivity (Wildman–Crippen MR) is 82.9 cm³/mol. The molecule has 0 saturated heterocycles. The first-order valence-electron chi connectivity index (χ1n) is 8.46. The molecule has 3 rings (SSSR count). The summed E-state index contributed by atoms with van der Waals surface area (Å²) in [6, 6.07) is 5.44. The van der Waals surface area contributed by atoms with Crippen LogP contribution >= 0.6 is 0 Å². The Hall–Kier alpha value is -1.07. The molecule has 3 unspecified atom stereocenters. The van der Waals surface area contributed by atoms with Gasteiger partial charge in [0.15, 0.2) is 0 Å². The van der Waals surface area contributed by atoms with Crippen LogP contribution in [0.3, 0.4) is 0 Å². The minimum Gasteiger partial charge on any atom is -0.392 e. The molecule has 5 heteroatoms. The van der Waals surface area contributed by atoms with Crippen molar-refractivity contribution >= 4 is 0 Å². The molecule has 0 amide bonds. The number of hydrogen-bond donors (Lipinski definition) is 2. The van der Waals surface area contributed by atoms with Crippen LogP contribution in [0, 0.1) is 5.92 Å². The van der Waals surface area contributed by atoms with Crippen molar-refractivity contribution in [1.29, 1.82) is 0 Å². The topological polar surface area (TPSA) is 46.2 Å². The summed E-state index contributed by atoms with van der Waals surface area (Å²) >= 11 is 0. The van der Waals surface area contributed by atoms with Gasteiger partial charge in [-0.05, 0) is 37.3 Å². The molecule has 128 valence electrons. The van der Waals surface area contributed by atoms with Gasteiger partial charge < -0.3 is 10.8 Å². The Morgan fingerprint density at radius 2 is 1.83 bits per heavy atom. The molecule has 1 aromatic rings. The number of halogens is 3. The maximum atomic E-state index is 13.0. The number of rotatable bonds is 3. The Balaban J connectivity index is 1.91. The molecule has 0 aromatic heterocycles. The lowest BCUT2D eigenvalue weighted by atomic mass is 9.57. The summed E-state index contributed by atoms with van der Waals surface area (Å²) in [7, 11) is 0. The third kappa shape index (κ3) is 3.01. The van der Waals surface area contributed by atoms with E-state index < -0.39 is 23.3 Å². The standard InChI is InChI=1S/C18H24F3NO/c19-18(20,21)13-6-3-5-12(11-13)17(9-4-10-17)16(23)14-7-1-2-8-15(14)22/h3,5-6,11,14-16,23H,1-2,4,7-10,22H2. The molecule has 23 heavy (non-hydrogen) atoms. The van der Waals surface area contributed by atoms with Gasteiger partial charge in [-0.3, -0.25) is 0 Å². The minimum atomic E-state index is -4.35. The highest BCUT2D eigenvalue weighted by Crippen LogP contribution is 2.50. The second-order valence-electron chi connectivity index (χ2n) is 7.15. The maximum Gasteiger partial charge on any atom is 0.416 e. The highest BCUT2D eigenvalue weighted by Gasteiger charge is 2.49. The molecule has 0 spiro atoms. The van der Waals surface area contributed by atoms with Crippen LogP contribution in [0.1, 0.15) is 56.1 Å².